The van der Waals surface area contributed by atoms with E-state index in [1.54, 1.807) is 0 Å². The Morgan fingerprint density at radius 3 is 1.73 bits per heavy atom. The minimum Gasteiger partial charge on any atom is -0.308 e. The fourth-order valence-electron chi connectivity index (χ4n) is 8.16. The van der Waals surface area contributed by atoms with E-state index < -0.39 is 0 Å². The SMILES string of the molecule is c1ccc(-c2ccc3c(c2)c2ccc(-c4ccc5c6cccc7c8ccccc8n(c5c4)c76)c4c5ccccc5n3c24)cc1. The minimum atomic E-state index is 1.25. The van der Waals surface area contributed by atoms with Crippen LogP contribution in [0.1, 0.15) is 0 Å². The normalized spacial score (nSPS) is 12.5. The molecule has 0 saturated carbocycles. The molecule has 4 heterocycles. The van der Waals surface area contributed by atoms with Crippen LogP contribution in [0.15, 0.2) is 146 Å². The van der Waals surface area contributed by atoms with Gasteiger partial charge in [0, 0.05) is 43.1 Å². The number of nitrogens with zero attached hydrogens (tertiary/aromatic N) is 2. The van der Waals surface area contributed by atoms with E-state index in [9.17, 15) is 0 Å². The van der Waals surface area contributed by atoms with Crippen molar-refractivity contribution in [3.8, 4) is 22.3 Å². The van der Waals surface area contributed by atoms with Gasteiger partial charge in [-0.25, -0.2) is 0 Å². The van der Waals surface area contributed by atoms with Crippen LogP contribution in [-0.2, 0) is 0 Å². The summed E-state index contributed by atoms with van der Waals surface area (Å²) in [4.78, 5) is 0. The van der Waals surface area contributed by atoms with Crippen LogP contribution in [0.3, 0.4) is 0 Å². The highest BCUT2D eigenvalue weighted by molar-refractivity contribution is 6.28. The van der Waals surface area contributed by atoms with Crippen LogP contribution in [0.2, 0.25) is 0 Å². The molecule has 202 valence electrons. The van der Waals surface area contributed by atoms with Crippen molar-refractivity contribution in [1.29, 1.82) is 0 Å². The highest BCUT2D eigenvalue weighted by Gasteiger charge is 2.22. The van der Waals surface area contributed by atoms with Gasteiger partial charge in [-0.05, 0) is 52.6 Å². The largest absolute Gasteiger partial charge is 0.308 e. The number of benzene rings is 7. The van der Waals surface area contributed by atoms with Gasteiger partial charge in [0.25, 0.3) is 0 Å². The van der Waals surface area contributed by atoms with Gasteiger partial charge in [-0.3, -0.25) is 0 Å². The number of hydrogen-bond donors (Lipinski definition) is 0. The molecule has 44 heavy (non-hydrogen) atoms. The monoisotopic (exact) mass is 556 g/mol. The fraction of sp³-hybridized carbons (Fsp3) is 0. The molecular formula is C42H24N2. The van der Waals surface area contributed by atoms with Crippen molar-refractivity contribution < 1.29 is 0 Å². The van der Waals surface area contributed by atoms with Crippen LogP contribution in [0.25, 0.3) is 98.4 Å². The number of aromatic nitrogens is 2. The Kier molecular flexibility index (Phi) is 4.10. The van der Waals surface area contributed by atoms with Gasteiger partial charge < -0.3 is 8.80 Å². The third kappa shape index (κ3) is 2.68. The number of para-hydroxylation sites is 3. The highest BCUT2D eigenvalue weighted by atomic mass is 14.9. The summed E-state index contributed by atoms with van der Waals surface area (Å²) in [5.41, 5.74) is 12.7. The Morgan fingerprint density at radius 2 is 0.886 bits per heavy atom. The molecule has 0 fully saturated rings. The molecule has 7 aromatic carbocycles. The number of hydrogen-bond acceptors (Lipinski definition) is 0. The molecule has 11 aromatic rings. The van der Waals surface area contributed by atoms with Crippen molar-refractivity contribution >= 4 is 76.2 Å². The summed E-state index contributed by atoms with van der Waals surface area (Å²) in [7, 11) is 0. The van der Waals surface area contributed by atoms with Crippen LogP contribution >= 0.6 is 0 Å². The molecule has 0 atom stereocenters. The Labute approximate surface area is 252 Å². The Balaban J connectivity index is 1.25. The van der Waals surface area contributed by atoms with Crippen LogP contribution < -0.4 is 0 Å². The van der Waals surface area contributed by atoms with E-state index in [2.05, 4.69) is 154 Å². The van der Waals surface area contributed by atoms with Crippen molar-refractivity contribution in [1.82, 2.24) is 8.80 Å². The molecule has 0 aliphatic heterocycles. The first-order valence-electron chi connectivity index (χ1n) is 15.3. The van der Waals surface area contributed by atoms with Crippen molar-refractivity contribution in [2.75, 3.05) is 0 Å². The summed E-state index contributed by atoms with van der Waals surface area (Å²) >= 11 is 0. The van der Waals surface area contributed by atoms with E-state index >= 15 is 0 Å². The van der Waals surface area contributed by atoms with Crippen LogP contribution in [0, 0.1) is 0 Å². The van der Waals surface area contributed by atoms with Gasteiger partial charge in [0.05, 0.1) is 33.1 Å². The van der Waals surface area contributed by atoms with Crippen LogP contribution in [0.5, 0.6) is 0 Å². The smallest absolute Gasteiger partial charge is 0.0626 e. The van der Waals surface area contributed by atoms with E-state index in [1.165, 1.54) is 98.4 Å². The maximum absolute atomic E-state index is 2.49. The number of rotatable bonds is 2. The lowest BCUT2D eigenvalue weighted by atomic mass is 9.96. The zero-order valence-corrected chi connectivity index (χ0v) is 23.8. The molecule has 0 aliphatic rings. The molecule has 0 bridgehead atoms. The Bertz CT molecular complexity index is 2920. The van der Waals surface area contributed by atoms with Gasteiger partial charge in [0.2, 0.25) is 0 Å². The average molecular weight is 557 g/mol. The summed E-state index contributed by atoms with van der Waals surface area (Å²) in [5, 5.41) is 10.5. The van der Waals surface area contributed by atoms with Crippen LogP contribution in [-0.4, -0.2) is 8.80 Å². The van der Waals surface area contributed by atoms with Gasteiger partial charge in [-0.2, -0.15) is 0 Å². The minimum absolute atomic E-state index is 1.25. The molecule has 0 radical (unpaired) electrons. The predicted octanol–water partition coefficient (Wildman–Crippen LogP) is 11.3. The van der Waals surface area contributed by atoms with E-state index in [-0.39, 0.29) is 0 Å². The molecule has 4 aromatic heterocycles. The maximum atomic E-state index is 2.49. The van der Waals surface area contributed by atoms with Crippen molar-refractivity contribution in [3.63, 3.8) is 0 Å². The zero-order valence-electron chi connectivity index (χ0n) is 23.8. The zero-order chi connectivity index (χ0) is 28.5. The van der Waals surface area contributed by atoms with Gasteiger partial charge >= 0.3 is 0 Å². The Hall–Kier alpha value is -5.86. The van der Waals surface area contributed by atoms with Crippen molar-refractivity contribution in [2.45, 2.75) is 0 Å². The third-order valence-corrected chi connectivity index (χ3v) is 9.99. The summed E-state index contributed by atoms with van der Waals surface area (Å²) < 4.78 is 4.96. The first-order chi connectivity index (χ1) is 21.8. The topological polar surface area (TPSA) is 8.82 Å². The summed E-state index contributed by atoms with van der Waals surface area (Å²) in [6.07, 6.45) is 0. The standard InChI is InChI=1S/C42H24N2/c1-2-9-25(10-3-1)26-18-22-38-35(23-26)33-21-20-28(40-34-12-5-7-16-37(34)43(38)42(33)40)27-17-19-30-32-14-8-13-31-29-11-4-6-15-36(29)44(41(31)32)39(30)24-27/h1-24H. The molecule has 0 saturated heterocycles. The third-order valence-electron chi connectivity index (χ3n) is 9.99. The predicted molar refractivity (Wildman–Crippen MR) is 187 cm³/mol. The lowest BCUT2D eigenvalue weighted by molar-refractivity contribution is 1.37. The molecule has 0 N–H and O–H groups in total. The first-order valence-corrected chi connectivity index (χ1v) is 15.3. The average Bonchev–Trinajstić information content (AvgIpc) is 3.81. The molecule has 0 unspecified atom stereocenters. The quantitative estimate of drug-likeness (QED) is 0.200. The molecule has 2 heteroatoms. The van der Waals surface area contributed by atoms with E-state index in [0.29, 0.717) is 0 Å². The second kappa shape index (κ2) is 7.94. The van der Waals surface area contributed by atoms with Gasteiger partial charge in [-0.1, -0.05) is 115 Å². The molecule has 2 nitrogen and oxygen atoms in total. The Morgan fingerprint density at radius 1 is 0.295 bits per heavy atom. The molecule has 0 spiro atoms. The van der Waals surface area contributed by atoms with E-state index in [4.69, 9.17) is 0 Å². The molecule has 11 rings (SSSR count). The summed E-state index contributed by atoms with van der Waals surface area (Å²) in [6.45, 7) is 0. The molecular weight excluding hydrogens is 532 g/mol. The van der Waals surface area contributed by atoms with Crippen molar-refractivity contribution in [2.24, 2.45) is 0 Å². The van der Waals surface area contributed by atoms with Gasteiger partial charge in [0.1, 0.15) is 0 Å². The van der Waals surface area contributed by atoms with Crippen molar-refractivity contribution in [3.05, 3.63) is 146 Å². The number of fused-ring (bicyclic) bond motifs is 12. The molecule has 0 aliphatic carbocycles. The van der Waals surface area contributed by atoms with Gasteiger partial charge in [-0.15, -0.1) is 0 Å². The maximum Gasteiger partial charge on any atom is 0.0626 e. The van der Waals surface area contributed by atoms with Gasteiger partial charge in [0.15, 0.2) is 0 Å². The van der Waals surface area contributed by atoms with E-state index in [1.807, 2.05) is 0 Å². The summed E-state index contributed by atoms with van der Waals surface area (Å²) in [6, 6.07) is 53.8. The lowest BCUT2D eigenvalue weighted by Crippen LogP contribution is -1.84. The second-order valence-electron chi connectivity index (χ2n) is 12.1. The fourth-order valence-corrected chi connectivity index (χ4v) is 8.16. The van der Waals surface area contributed by atoms with Crippen LogP contribution in [0.4, 0.5) is 0 Å². The van der Waals surface area contributed by atoms with E-state index in [0.717, 1.165) is 0 Å². The second-order valence-corrected chi connectivity index (χ2v) is 12.1. The lowest BCUT2D eigenvalue weighted by Gasteiger charge is -2.07. The summed E-state index contributed by atoms with van der Waals surface area (Å²) in [5.74, 6) is 0. The first kappa shape index (κ1) is 22.7. The highest BCUT2D eigenvalue weighted by Crippen LogP contribution is 2.46. The molecule has 0 amide bonds.